The first-order valence-corrected chi connectivity index (χ1v) is 6.43. The highest BCUT2D eigenvalue weighted by molar-refractivity contribution is 5.85. The minimum atomic E-state index is 0. The van der Waals surface area contributed by atoms with Gasteiger partial charge in [0.1, 0.15) is 0 Å². The van der Waals surface area contributed by atoms with Crippen LogP contribution in [-0.2, 0) is 12.8 Å². The van der Waals surface area contributed by atoms with Crippen molar-refractivity contribution >= 4 is 18.1 Å². The molecule has 2 rings (SSSR count). The van der Waals surface area contributed by atoms with Gasteiger partial charge in [0, 0.05) is 5.69 Å². The van der Waals surface area contributed by atoms with Crippen molar-refractivity contribution in [3.8, 4) is 0 Å². The lowest BCUT2D eigenvalue weighted by molar-refractivity contribution is 0.682. The Morgan fingerprint density at radius 2 is 1.26 bits per heavy atom. The summed E-state index contributed by atoms with van der Waals surface area (Å²) in [6.45, 7) is 2.04. The highest BCUT2D eigenvalue weighted by Crippen LogP contribution is 2.05. The molecule has 0 aromatic heterocycles. The summed E-state index contributed by atoms with van der Waals surface area (Å²) >= 11 is 0. The maximum atomic E-state index is 5.65. The van der Waals surface area contributed by atoms with E-state index in [1.54, 1.807) is 0 Å². The third-order valence-electron chi connectivity index (χ3n) is 3.00. The van der Waals surface area contributed by atoms with Crippen LogP contribution in [0.5, 0.6) is 0 Å². The molecule has 2 nitrogen and oxygen atoms in total. The third kappa shape index (κ3) is 5.77. The summed E-state index contributed by atoms with van der Waals surface area (Å²) in [5, 5.41) is 3.47. The summed E-state index contributed by atoms with van der Waals surface area (Å²) in [4.78, 5) is 0. The van der Waals surface area contributed by atoms with E-state index in [0.717, 1.165) is 31.6 Å². The molecule has 0 fully saturated rings. The quantitative estimate of drug-likeness (QED) is 0.629. The van der Waals surface area contributed by atoms with E-state index in [0.29, 0.717) is 0 Å². The first-order chi connectivity index (χ1) is 8.84. The Bertz CT molecular complexity index is 454. The predicted octanol–water partition coefficient (Wildman–Crippen LogP) is 3.07. The molecule has 19 heavy (non-hydrogen) atoms. The first-order valence-electron chi connectivity index (χ1n) is 6.43. The Labute approximate surface area is 121 Å². The van der Waals surface area contributed by atoms with Crippen molar-refractivity contribution in [1.29, 1.82) is 0 Å². The zero-order chi connectivity index (χ0) is 12.6. The highest BCUT2D eigenvalue weighted by atomic mass is 35.5. The van der Waals surface area contributed by atoms with Crippen LogP contribution in [0.1, 0.15) is 11.1 Å². The van der Waals surface area contributed by atoms with E-state index >= 15 is 0 Å². The van der Waals surface area contributed by atoms with Crippen molar-refractivity contribution in [1.82, 2.24) is 5.32 Å². The Balaban J connectivity index is 0.00000180. The van der Waals surface area contributed by atoms with Gasteiger partial charge in [0.25, 0.3) is 0 Å². The molecule has 0 aliphatic rings. The standard InChI is InChI=1S/C16H20N2.ClH/c17-16-8-6-15(7-9-16)11-13-18-12-10-14-4-2-1-3-5-14;/h1-9,18H,10-13,17H2;1H. The zero-order valence-electron chi connectivity index (χ0n) is 11.0. The summed E-state index contributed by atoms with van der Waals surface area (Å²) in [6, 6.07) is 18.7. The molecule has 0 aliphatic carbocycles. The van der Waals surface area contributed by atoms with Gasteiger partial charge in [0.05, 0.1) is 0 Å². The van der Waals surface area contributed by atoms with Gasteiger partial charge < -0.3 is 11.1 Å². The third-order valence-corrected chi connectivity index (χ3v) is 3.00. The number of hydrogen-bond donors (Lipinski definition) is 2. The summed E-state index contributed by atoms with van der Waals surface area (Å²) in [5.74, 6) is 0. The van der Waals surface area contributed by atoms with E-state index in [1.807, 2.05) is 12.1 Å². The average molecular weight is 277 g/mol. The monoisotopic (exact) mass is 276 g/mol. The molecule has 0 atom stereocenters. The van der Waals surface area contributed by atoms with Gasteiger partial charge in [-0.15, -0.1) is 12.4 Å². The van der Waals surface area contributed by atoms with Crippen LogP contribution >= 0.6 is 12.4 Å². The Hall–Kier alpha value is -1.51. The van der Waals surface area contributed by atoms with Crippen molar-refractivity contribution < 1.29 is 0 Å². The van der Waals surface area contributed by atoms with Crippen LogP contribution in [0.25, 0.3) is 0 Å². The maximum absolute atomic E-state index is 5.65. The zero-order valence-corrected chi connectivity index (χ0v) is 11.8. The average Bonchev–Trinajstić information content (AvgIpc) is 2.42. The van der Waals surface area contributed by atoms with E-state index in [2.05, 4.69) is 47.8 Å². The van der Waals surface area contributed by atoms with Gasteiger partial charge in [-0.25, -0.2) is 0 Å². The molecule has 3 heteroatoms. The summed E-state index contributed by atoms with van der Waals surface area (Å²) in [6.07, 6.45) is 2.14. The largest absolute Gasteiger partial charge is 0.399 e. The van der Waals surface area contributed by atoms with Crippen LogP contribution in [0, 0.1) is 0 Å². The predicted molar refractivity (Wildman–Crippen MR) is 84.8 cm³/mol. The maximum Gasteiger partial charge on any atom is 0.0314 e. The normalized spacial score (nSPS) is 9.89. The molecule has 2 aromatic rings. The number of rotatable bonds is 6. The van der Waals surface area contributed by atoms with Gasteiger partial charge in [0.15, 0.2) is 0 Å². The Morgan fingerprint density at radius 3 is 1.84 bits per heavy atom. The highest BCUT2D eigenvalue weighted by Gasteiger charge is 1.94. The summed E-state index contributed by atoms with van der Waals surface area (Å²) in [5.41, 5.74) is 9.20. The molecule has 0 unspecified atom stereocenters. The molecule has 0 radical (unpaired) electrons. The number of halogens is 1. The molecule has 0 aliphatic heterocycles. The number of benzene rings is 2. The lowest BCUT2D eigenvalue weighted by Gasteiger charge is -2.05. The van der Waals surface area contributed by atoms with E-state index in [-0.39, 0.29) is 12.4 Å². The number of nitrogens with one attached hydrogen (secondary N) is 1. The van der Waals surface area contributed by atoms with E-state index < -0.39 is 0 Å². The van der Waals surface area contributed by atoms with Crippen LogP contribution in [0.2, 0.25) is 0 Å². The van der Waals surface area contributed by atoms with Gasteiger partial charge in [0.2, 0.25) is 0 Å². The molecule has 102 valence electrons. The fourth-order valence-electron chi connectivity index (χ4n) is 1.92. The van der Waals surface area contributed by atoms with Crippen LogP contribution in [0.3, 0.4) is 0 Å². The van der Waals surface area contributed by atoms with Gasteiger partial charge in [-0.3, -0.25) is 0 Å². The molecule has 0 saturated heterocycles. The molecular weight excluding hydrogens is 256 g/mol. The number of nitrogens with two attached hydrogens (primary N) is 1. The smallest absolute Gasteiger partial charge is 0.0314 e. The summed E-state index contributed by atoms with van der Waals surface area (Å²) < 4.78 is 0. The molecule has 0 bridgehead atoms. The van der Waals surface area contributed by atoms with Crippen LogP contribution < -0.4 is 11.1 Å². The van der Waals surface area contributed by atoms with Crippen LogP contribution in [0.15, 0.2) is 54.6 Å². The molecule has 0 saturated carbocycles. The number of nitrogen functional groups attached to an aromatic ring is 1. The van der Waals surface area contributed by atoms with Crippen LogP contribution in [-0.4, -0.2) is 13.1 Å². The number of hydrogen-bond acceptors (Lipinski definition) is 2. The molecular formula is C16H21ClN2. The molecule has 0 amide bonds. The lowest BCUT2D eigenvalue weighted by atomic mass is 10.1. The van der Waals surface area contributed by atoms with Crippen molar-refractivity contribution in [2.75, 3.05) is 18.8 Å². The molecule has 0 heterocycles. The van der Waals surface area contributed by atoms with E-state index in [9.17, 15) is 0 Å². The second-order valence-electron chi connectivity index (χ2n) is 4.48. The SMILES string of the molecule is Cl.Nc1ccc(CCNCCc2ccccc2)cc1. The van der Waals surface area contributed by atoms with Crippen molar-refractivity contribution in [2.45, 2.75) is 12.8 Å². The minimum Gasteiger partial charge on any atom is -0.399 e. The topological polar surface area (TPSA) is 38.0 Å². The van der Waals surface area contributed by atoms with E-state index in [1.165, 1.54) is 11.1 Å². The fourth-order valence-corrected chi connectivity index (χ4v) is 1.92. The van der Waals surface area contributed by atoms with Gasteiger partial charge in [-0.05, 0) is 49.2 Å². The van der Waals surface area contributed by atoms with Gasteiger partial charge in [-0.1, -0.05) is 42.5 Å². The van der Waals surface area contributed by atoms with E-state index in [4.69, 9.17) is 5.73 Å². The molecule has 2 aromatic carbocycles. The fraction of sp³-hybridized carbons (Fsp3) is 0.250. The van der Waals surface area contributed by atoms with Gasteiger partial charge >= 0.3 is 0 Å². The Kier molecular flexibility index (Phi) is 7.01. The van der Waals surface area contributed by atoms with Crippen molar-refractivity contribution in [3.63, 3.8) is 0 Å². The van der Waals surface area contributed by atoms with Crippen molar-refractivity contribution in [3.05, 3.63) is 65.7 Å². The second kappa shape index (κ2) is 8.57. The first kappa shape index (κ1) is 15.5. The minimum absolute atomic E-state index is 0. The summed E-state index contributed by atoms with van der Waals surface area (Å²) in [7, 11) is 0. The lowest BCUT2D eigenvalue weighted by Crippen LogP contribution is -2.20. The second-order valence-corrected chi connectivity index (χ2v) is 4.48. The number of anilines is 1. The van der Waals surface area contributed by atoms with Gasteiger partial charge in [-0.2, -0.15) is 0 Å². The van der Waals surface area contributed by atoms with Crippen molar-refractivity contribution in [2.24, 2.45) is 0 Å². The molecule has 3 N–H and O–H groups in total. The Morgan fingerprint density at radius 1 is 0.737 bits per heavy atom. The molecule has 0 spiro atoms. The van der Waals surface area contributed by atoms with Crippen LogP contribution in [0.4, 0.5) is 5.69 Å².